The second-order valence-corrected chi connectivity index (χ2v) is 6.50. The number of hydrogen-bond acceptors (Lipinski definition) is 3. The maximum Gasteiger partial charge on any atom is 0.255 e. The van der Waals surface area contributed by atoms with Crippen LogP contribution in [0.4, 0.5) is 11.5 Å². The number of pyridine rings is 1. The van der Waals surface area contributed by atoms with Crippen molar-refractivity contribution < 1.29 is 4.79 Å². The van der Waals surface area contributed by atoms with E-state index in [2.05, 4.69) is 50.6 Å². The number of hydrogen-bond donors (Lipinski definition) is 2. The van der Waals surface area contributed by atoms with Crippen LogP contribution in [0.1, 0.15) is 21.5 Å². The van der Waals surface area contributed by atoms with Gasteiger partial charge in [0.2, 0.25) is 0 Å². The zero-order chi connectivity index (χ0) is 17.6. The molecule has 126 valence electrons. The maximum absolute atomic E-state index is 12.5. The molecule has 0 saturated carbocycles. The fourth-order valence-corrected chi connectivity index (χ4v) is 2.80. The van der Waals surface area contributed by atoms with Gasteiger partial charge in [-0.2, -0.15) is 0 Å². The van der Waals surface area contributed by atoms with Crippen LogP contribution < -0.4 is 10.6 Å². The highest BCUT2D eigenvalue weighted by atomic mass is 79.9. The first-order valence-electron chi connectivity index (χ1n) is 7.94. The molecule has 0 radical (unpaired) electrons. The van der Waals surface area contributed by atoms with Crippen LogP contribution in [0.25, 0.3) is 0 Å². The highest BCUT2D eigenvalue weighted by Gasteiger charge is 2.09. The molecule has 2 N–H and O–H groups in total. The van der Waals surface area contributed by atoms with Crippen LogP contribution in [0, 0.1) is 6.92 Å². The summed E-state index contributed by atoms with van der Waals surface area (Å²) in [6.45, 7) is 2.74. The van der Waals surface area contributed by atoms with Crippen LogP contribution in [-0.4, -0.2) is 10.9 Å². The lowest BCUT2D eigenvalue weighted by Crippen LogP contribution is -2.13. The molecule has 0 aliphatic carbocycles. The van der Waals surface area contributed by atoms with Gasteiger partial charge in [0, 0.05) is 22.8 Å². The van der Waals surface area contributed by atoms with Gasteiger partial charge >= 0.3 is 0 Å². The van der Waals surface area contributed by atoms with E-state index in [1.165, 1.54) is 11.1 Å². The van der Waals surface area contributed by atoms with Crippen LogP contribution in [0.2, 0.25) is 0 Å². The summed E-state index contributed by atoms with van der Waals surface area (Å²) in [5.74, 6) is 0.497. The third kappa shape index (κ3) is 4.45. The predicted molar refractivity (Wildman–Crippen MR) is 105 cm³/mol. The number of benzene rings is 2. The van der Waals surface area contributed by atoms with Gasteiger partial charge in [-0.05, 0) is 58.2 Å². The highest BCUT2D eigenvalue weighted by Crippen LogP contribution is 2.22. The number of para-hydroxylation sites is 1. The molecule has 4 nitrogen and oxygen atoms in total. The molecule has 0 spiro atoms. The molecule has 1 amide bonds. The summed E-state index contributed by atoms with van der Waals surface area (Å²) in [5.41, 5.74) is 3.71. The number of halogens is 1. The van der Waals surface area contributed by atoms with Crippen molar-refractivity contribution in [1.29, 1.82) is 0 Å². The van der Waals surface area contributed by atoms with Crippen molar-refractivity contribution in [2.24, 2.45) is 0 Å². The van der Waals surface area contributed by atoms with Crippen molar-refractivity contribution in [2.75, 3.05) is 10.6 Å². The molecule has 2 aromatic carbocycles. The zero-order valence-electron chi connectivity index (χ0n) is 13.8. The first kappa shape index (κ1) is 17.2. The number of carbonyl (C=O) groups excluding carboxylic acids is 1. The van der Waals surface area contributed by atoms with Crippen LogP contribution in [0.15, 0.2) is 71.3 Å². The van der Waals surface area contributed by atoms with Gasteiger partial charge < -0.3 is 10.6 Å². The minimum atomic E-state index is -0.173. The number of aromatic nitrogens is 1. The minimum absolute atomic E-state index is 0.173. The minimum Gasteiger partial charge on any atom is -0.366 e. The lowest BCUT2D eigenvalue weighted by atomic mass is 10.1. The summed E-state index contributed by atoms with van der Waals surface area (Å²) < 4.78 is 0.843. The Morgan fingerprint density at radius 1 is 1.08 bits per heavy atom. The van der Waals surface area contributed by atoms with Gasteiger partial charge in [-0.25, -0.2) is 4.98 Å². The summed E-state index contributed by atoms with van der Waals surface area (Å²) in [6.07, 6.45) is 1.63. The standard InChI is InChI=1S/C20H18BrN3O/c1-14-6-2-3-7-16(14)13-23-19-12-15(10-11-22-19)20(25)24-18-9-5-4-8-17(18)21/h2-12H,13H2,1H3,(H,22,23)(H,24,25). The van der Waals surface area contributed by atoms with E-state index < -0.39 is 0 Å². The second-order valence-electron chi connectivity index (χ2n) is 5.64. The third-order valence-electron chi connectivity index (χ3n) is 3.87. The summed E-state index contributed by atoms with van der Waals surface area (Å²) in [6, 6.07) is 19.1. The quantitative estimate of drug-likeness (QED) is 0.637. The Labute approximate surface area is 155 Å². The number of carbonyl (C=O) groups is 1. The smallest absolute Gasteiger partial charge is 0.255 e. The summed E-state index contributed by atoms with van der Waals surface area (Å²) in [7, 11) is 0. The fourth-order valence-electron chi connectivity index (χ4n) is 2.42. The van der Waals surface area contributed by atoms with Crippen molar-refractivity contribution >= 4 is 33.3 Å². The number of nitrogens with one attached hydrogen (secondary N) is 2. The highest BCUT2D eigenvalue weighted by molar-refractivity contribution is 9.10. The third-order valence-corrected chi connectivity index (χ3v) is 4.56. The molecule has 0 fully saturated rings. The summed E-state index contributed by atoms with van der Waals surface area (Å²) in [4.78, 5) is 16.8. The number of aryl methyl sites for hydroxylation is 1. The van der Waals surface area contributed by atoms with E-state index in [9.17, 15) is 4.79 Å². The normalized spacial score (nSPS) is 10.3. The number of rotatable bonds is 5. The van der Waals surface area contributed by atoms with Crippen molar-refractivity contribution in [3.63, 3.8) is 0 Å². The Balaban J connectivity index is 1.70. The SMILES string of the molecule is Cc1ccccc1CNc1cc(C(=O)Nc2ccccc2Br)ccn1. The molecule has 0 unspecified atom stereocenters. The van der Waals surface area contributed by atoms with Crippen LogP contribution in [-0.2, 0) is 6.54 Å². The lowest BCUT2D eigenvalue weighted by Gasteiger charge is -2.10. The number of anilines is 2. The molecule has 1 heterocycles. The van der Waals surface area contributed by atoms with Crippen molar-refractivity contribution in [1.82, 2.24) is 4.98 Å². The van der Waals surface area contributed by atoms with Gasteiger partial charge in [-0.15, -0.1) is 0 Å². The summed E-state index contributed by atoms with van der Waals surface area (Å²) in [5, 5.41) is 6.17. The molecule has 0 bridgehead atoms. The van der Waals surface area contributed by atoms with Gasteiger partial charge in [0.15, 0.2) is 0 Å². The van der Waals surface area contributed by atoms with Gasteiger partial charge in [0.25, 0.3) is 5.91 Å². The largest absolute Gasteiger partial charge is 0.366 e. The van der Waals surface area contributed by atoms with E-state index in [1.807, 2.05) is 36.4 Å². The van der Waals surface area contributed by atoms with Crippen LogP contribution >= 0.6 is 15.9 Å². The molecule has 3 rings (SSSR count). The summed E-state index contributed by atoms with van der Waals surface area (Å²) >= 11 is 3.43. The van der Waals surface area contributed by atoms with E-state index in [4.69, 9.17) is 0 Å². The predicted octanol–water partition coefficient (Wildman–Crippen LogP) is 5.02. The molecular weight excluding hydrogens is 378 g/mol. The molecule has 3 aromatic rings. The van der Waals surface area contributed by atoms with Gasteiger partial charge in [0.05, 0.1) is 5.69 Å². The average molecular weight is 396 g/mol. The van der Waals surface area contributed by atoms with Crippen LogP contribution in [0.3, 0.4) is 0 Å². The Morgan fingerprint density at radius 3 is 2.64 bits per heavy atom. The molecule has 25 heavy (non-hydrogen) atoms. The number of nitrogens with zero attached hydrogens (tertiary/aromatic N) is 1. The molecule has 0 atom stereocenters. The molecule has 0 saturated heterocycles. The first-order chi connectivity index (χ1) is 12.1. The Bertz CT molecular complexity index is 895. The fraction of sp³-hybridized carbons (Fsp3) is 0.100. The van der Waals surface area contributed by atoms with Gasteiger partial charge in [-0.1, -0.05) is 36.4 Å². The van der Waals surface area contributed by atoms with E-state index >= 15 is 0 Å². The van der Waals surface area contributed by atoms with Crippen molar-refractivity contribution in [3.8, 4) is 0 Å². The lowest BCUT2D eigenvalue weighted by molar-refractivity contribution is 0.102. The molecule has 0 aliphatic rings. The molecule has 1 aromatic heterocycles. The molecule has 0 aliphatic heterocycles. The first-order valence-corrected chi connectivity index (χ1v) is 8.73. The zero-order valence-corrected chi connectivity index (χ0v) is 15.4. The second kappa shape index (κ2) is 7.94. The van der Waals surface area contributed by atoms with E-state index in [0.717, 1.165) is 10.2 Å². The Hall–Kier alpha value is -2.66. The Morgan fingerprint density at radius 2 is 1.84 bits per heavy atom. The van der Waals surface area contributed by atoms with Crippen LogP contribution in [0.5, 0.6) is 0 Å². The van der Waals surface area contributed by atoms with Gasteiger partial charge in [0.1, 0.15) is 5.82 Å². The van der Waals surface area contributed by atoms with Gasteiger partial charge in [-0.3, -0.25) is 4.79 Å². The average Bonchev–Trinajstić information content (AvgIpc) is 2.63. The van der Waals surface area contributed by atoms with E-state index in [0.29, 0.717) is 17.9 Å². The number of amides is 1. The maximum atomic E-state index is 12.5. The monoisotopic (exact) mass is 395 g/mol. The van der Waals surface area contributed by atoms with E-state index in [-0.39, 0.29) is 5.91 Å². The molecular formula is C20H18BrN3O. The Kier molecular flexibility index (Phi) is 5.46. The molecule has 5 heteroatoms. The van der Waals surface area contributed by atoms with E-state index in [1.54, 1.807) is 18.3 Å². The van der Waals surface area contributed by atoms with Crippen molar-refractivity contribution in [3.05, 3.63) is 88.0 Å². The topological polar surface area (TPSA) is 54.0 Å². The van der Waals surface area contributed by atoms with Crippen molar-refractivity contribution in [2.45, 2.75) is 13.5 Å².